The summed E-state index contributed by atoms with van der Waals surface area (Å²) in [5.74, 6) is 1.32. The normalized spacial score (nSPS) is 22.8. The van der Waals surface area contributed by atoms with E-state index < -0.39 is 11.9 Å². The standard InChI is InChI=1S/C22H23F3N4O/c23-22(24,25)18-11-17-20(28-18)26-12-27-21(17)29-19-15-4-2-1-3-13(15)5-6-16(19)14-7-9-30-10-8-14/h1-4,11-12,14,16,19H,5-10H2,(H2,26,27,28,29). The zero-order chi connectivity index (χ0) is 20.7. The zero-order valence-corrected chi connectivity index (χ0v) is 16.4. The summed E-state index contributed by atoms with van der Waals surface area (Å²) in [7, 11) is 0. The van der Waals surface area contributed by atoms with Crippen LogP contribution in [0, 0.1) is 11.8 Å². The molecule has 3 heterocycles. The van der Waals surface area contributed by atoms with Crippen LogP contribution in [0.5, 0.6) is 0 Å². The summed E-state index contributed by atoms with van der Waals surface area (Å²) in [6.07, 6.45) is 0.908. The molecule has 5 rings (SSSR count). The van der Waals surface area contributed by atoms with Crippen LogP contribution in [-0.2, 0) is 17.3 Å². The minimum absolute atomic E-state index is 0.0135. The Bertz CT molecular complexity index is 1040. The highest BCUT2D eigenvalue weighted by atomic mass is 19.4. The summed E-state index contributed by atoms with van der Waals surface area (Å²) in [6, 6.07) is 9.39. The van der Waals surface area contributed by atoms with E-state index in [0.29, 0.717) is 23.0 Å². The molecular formula is C22H23F3N4O. The first kappa shape index (κ1) is 19.4. The van der Waals surface area contributed by atoms with Crippen LogP contribution in [-0.4, -0.2) is 28.2 Å². The lowest BCUT2D eigenvalue weighted by Gasteiger charge is -2.40. The highest BCUT2D eigenvalue weighted by Crippen LogP contribution is 2.44. The number of nitrogens with zero attached hydrogens (tertiary/aromatic N) is 2. The molecule has 1 aromatic carbocycles. The van der Waals surface area contributed by atoms with Gasteiger partial charge in [-0.3, -0.25) is 0 Å². The molecule has 0 bridgehead atoms. The molecule has 2 aromatic heterocycles. The van der Waals surface area contributed by atoms with Crippen LogP contribution in [0.2, 0.25) is 0 Å². The predicted molar refractivity (Wildman–Crippen MR) is 107 cm³/mol. The number of ether oxygens (including phenoxy) is 1. The molecule has 0 saturated carbocycles. The van der Waals surface area contributed by atoms with Crippen molar-refractivity contribution in [3.05, 3.63) is 53.5 Å². The summed E-state index contributed by atoms with van der Waals surface area (Å²) in [5, 5.41) is 3.87. The Balaban J connectivity index is 1.54. The van der Waals surface area contributed by atoms with Gasteiger partial charge in [0.1, 0.15) is 23.5 Å². The smallest absolute Gasteiger partial charge is 0.381 e. The Morgan fingerprint density at radius 1 is 1.07 bits per heavy atom. The van der Waals surface area contributed by atoms with Crippen molar-refractivity contribution in [3.8, 4) is 0 Å². The Morgan fingerprint density at radius 3 is 2.67 bits per heavy atom. The number of hydrogen-bond donors (Lipinski definition) is 2. The van der Waals surface area contributed by atoms with Gasteiger partial charge in [0.2, 0.25) is 0 Å². The molecule has 2 aliphatic rings. The molecule has 30 heavy (non-hydrogen) atoms. The van der Waals surface area contributed by atoms with E-state index >= 15 is 0 Å². The van der Waals surface area contributed by atoms with Gasteiger partial charge in [0.25, 0.3) is 0 Å². The third kappa shape index (κ3) is 3.53. The number of hydrogen-bond acceptors (Lipinski definition) is 4. The number of nitrogens with one attached hydrogen (secondary N) is 2. The fraction of sp³-hybridized carbons (Fsp3) is 0.455. The number of aromatic amines is 1. The number of aryl methyl sites for hydroxylation is 1. The fourth-order valence-electron chi connectivity index (χ4n) is 4.98. The SMILES string of the molecule is FC(F)(F)c1cc2c(NC3c4ccccc4CCC3C3CCOCC3)ncnc2[nH]1. The lowest BCUT2D eigenvalue weighted by Crippen LogP contribution is -2.35. The minimum atomic E-state index is -4.46. The van der Waals surface area contributed by atoms with E-state index in [4.69, 9.17) is 4.74 Å². The number of alkyl halides is 3. The lowest BCUT2D eigenvalue weighted by molar-refractivity contribution is -0.140. The number of rotatable bonds is 3. The second kappa shape index (κ2) is 7.58. The quantitative estimate of drug-likeness (QED) is 0.622. The van der Waals surface area contributed by atoms with E-state index in [9.17, 15) is 13.2 Å². The number of H-pyrrole nitrogens is 1. The largest absolute Gasteiger partial charge is 0.431 e. The highest BCUT2D eigenvalue weighted by molar-refractivity contribution is 5.88. The molecular weight excluding hydrogens is 393 g/mol. The molecule has 1 fully saturated rings. The van der Waals surface area contributed by atoms with Gasteiger partial charge in [-0.25, -0.2) is 9.97 Å². The molecule has 0 amide bonds. The van der Waals surface area contributed by atoms with Crippen LogP contribution in [0.1, 0.15) is 42.1 Å². The average Bonchev–Trinajstić information content (AvgIpc) is 3.21. The minimum Gasteiger partial charge on any atom is -0.381 e. The third-order valence-corrected chi connectivity index (χ3v) is 6.46. The maximum atomic E-state index is 13.2. The van der Waals surface area contributed by atoms with Crippen LogP contribution in [0.3, 0.4) is 0 Å². The van der Waals surface area contributed by atoms with Crippen molar-refractivity contribution >= 4 is 16.9 Å². The van der Waals surface area contributed by atoms with E-state index in [1.807, 2.05) is 12.1 Å². The monoisotopic (exact) mass is 416 g/mol. The van der Waals surface area contributed by atoms with Crippen LogP contribution in [0.4, 0.5) is 19.0 Å². The van der Waals surface area contributed by atoms with Gasteiger partial charge in [0.05, 0.1) is 11.4 Å². The molecule has 1 aliphatic heterocycles. The van der Waals surface area contributed by atoms with Crippen molar-refractivity contribution in [1.82, 2.24) is 15.0 Å². The molecule has 8 heteroatoms. The van der Waals surface area contributed by atoms with Gasteiger partial charge in [-0.2, -0.15) is 13.2 Å². The summed E-state index contributed by atoms with van der Waals surface area (Å²) in [4.78, 5) is 10.7. The maximum absolute atomic E-state index is 13.2. The Hall–Kier alpha value is -2.61. The van der Waals surface area contributed by atoms with Crippen LogP contribution in [0.25, 0.3) is 11.0 Å². The van der Waals surface area contributed by atoms with E-state index in [2.05, 4.69) is 32.4 Å². The van der Waals surface area contributed by atoms with Crippen LogP contribution in [0.15, 0.2) is 36.7 Å². The van der Waals surface area contributed by atoms with E-state index in [1.54, 1.807) is 0 Å². The first-order valence-corrected chi connectivity index (χ1v) is 10.3. The van der Waals surface area contributed by atoms with Gasteiger partial charge < -0.3 is 15.0 Å². The number of halogens is 3. The summed E-state index contributed by atoms with van der Waals surface area (Å²) < 4.78 is 45.2. The maximum Gasteiger partial charge on any atom is 0.431 e. The lowest BCUT2D eigenvalue weighted by atomic mass is 9.71. The van der Waals surface area contributed by atoms with E-state index in [0.717, 1.165) is 45.0 Å². The molecule has 2 N–H and O–H groups in total. The second-order valence-corrected chi connectivity index (χ2v) is 8.14. The van der Waals surface area contributed by atoms with Crippen molar-refractivity contribution in [1.29, 1.82) is 0 Å². The van der Waals surface area contributed by atoms with Gasteiger partial charge in [0, 0.05) is 13.2 Å². The third-order valence-electron chi connectivity index (χ3n) is 6.46. The van der Waals surface area contributed by atoms with Crippen LogP contribution < -0.4 is 5.32 Å². The van der Waals surface area contributed by atoms with Gasteiger partial charge in [0.15, 0.2) is 0 Å². The number of benzene rings is 1. The van der Waals surface area contributed by atoms with Crippen molar-refractivity contribution < 1.29 is 17.9 Å². The molecule has 1 saturated heterocycles. The molecule has 0 spiro atoms. The summed E-state index contributed by atoms with van der Waals surface area (Å²) >= 11 is 0. The summed E-state index contributed by atoms with van der Waals surface area (Å²) in [6.45, 7) is 1.53. The Labute approximate surface area is 172 Å². The van der Waals surface area contributed by atoms with Gasteiger partial charge in [-0.1, -0.05) is 24.3 Å². The number of fused-ring (bicyclic) bond motifs is 2. The van der Waals surface area contributed by atoms with Gasteiger partial charge >= 0.3 is 6.18 Å². The molecule has 158 valence electrons. The first-order chi connectivity index (χ1) is 14.5. The fourth-order valence-corrected chi connectivity index (χ4v) is 4.98. The second-order valence-electron chi connectivity index (χ2n) is 8.14. The van der Waals surface area contributed by atoms with Gasteiger partial charge in [-0.05, 0) is 54.7 Å². The van der Waals surface area contributed by atoms with Crippen molar-refractivity contribution in [2.45, 2.75) is 37.9 Å². The number of anilines is 1. The van der Waals surface area contributed by atoms with Crippen LogP contribution >= 0.6 is 0 Å². The first-order valence-electron chi connectivity index (χ1n) is 10.3. The van der Waals surface area contributed by atoms with Crippen molar-refractivity contribution in [3.63, 3.8) is 0 Å². The molecule has 5 nitrogen and oxygen atoms in total. The predicted octanol–water partition coefficient (Wildman–Crippen LogP) is 5.12. The highest BCUT2D eigenvalue weighted by Gasteiger charge is 2.37. The van der Waals surface area contributed by atoms with E-state index in [1.165, 1.54) is 17.5 Å². The molecule has 1 aliphatic carbocycles. The Kier molecular flexibility index (Phi) is 4.89. The van der Waals surface area contributed by atoms with Crippen molar-refractivity contribution in [2.75, 3.05) is 18.5 Å². The molecule has 2 unspecified atom stereocenters. The van der Waals surface area contributed by atoms with Crippen molar-refractivity contribution in [2.24, 2.45) is 11.8 Å². The molecule has 3 aromatic rings. The topological polar surface area (TPSA) is 62.8 Å². The molecule has 0 radical (unpaired) electrons. The van der Waals surface area contributed by atoms with E-state index in [-0.39, 0.29) is 11.7 Å². The average molecular weight is 416 g/mol. The summed E-state index contributed by atoms with van der Waals surface area (Å²) in [5.41, 5.74) is 1.87. The zero-order valence-electron chi connectivity index (χ0n) is 16.4. The Morgan fingerprint density at radius 2 is 1.87 bits per heavy atom. The number of aromatic nitrogens is 3. The van der Waals surface area contributed by atoms with Gasteiger partial charge in [-0.15, -0.1) is 0 Å². The molecule has 2 atom stereocenters.